The van der Waals surface area contributed by atoms with Crippen LogP contribution >= 0.6 is 0 Å². The third-order valence-corrected chi connectivity index (χ3v) is 3.49. The summed E-state index contributed by atoms with van der Waals surface area (Å²) >= 11 is 0. The molecule has 1 aromatic carbocycles. The number of sulfonamides is 1. The quantitative estimate of drug-likeness (QED) is 0.865. The molecule has 3 N–H and O–H groups in total. The van der Waals surface area contributed by atoms with Crippen LogP contribution in [0.15, 0.2) is 47.5 Å². The van der Waals surface area contributed by atoms with Gasteiger partial charge in [-0.3, -0.25) is 0 Å². The molecule has 0 spiro atoms. The van der Waals surface area contributed by atoms with Crippen molar-refractivity contribution in [1.82, 2.24) is 10.3 Å². The van der Waals surface area contributed by atoms with Crippen LogP contribution in [-0.2, 0) is 16.6 Å². The van der Waals surface area contributed by atoms with Gasteiger partial charge in [0, 0.05) is 18.2 Å². The first-order valence-electron chi connectivity index (χ1n) is 5.90. The summed E-state index contributed by atoms with van der Waals surface area (Å²) in [5, 5.41) is 8.05. The molecule has 0 aliphatic heterocycles. The minimum atomic E-state index is -3.74. The van der Waals surface area contributed by atoms with E-state index in [1.54, 1.807) is 0 Å². The van der Waals surface area contributed by atoms with Gasteiger partial charge in [-0.25, -0.2) is 18.5 Å². The smallest absolute Gasteiger partial charge is 0.239 e. The Bertz CT molecular complexity index is 684. The van der Waals surface area contributed by atoms with Gasteiger partial charge in [0.1, 0.15) is 10.6 Å². The number of para-hydroxylation sites is 1. The second-order valence-corrected chi connectivity index (χ2v) is 5.68. The van der Waals surface area contributed by atoms with E-state index in [0.717, 1.165) is 5.56 Å². The van der Waals surface area contributed by atoms with E-state index in [-0.39, 0.29) is 4.90 Å². The fraction of sp³-hybridized carbons (Fsp3) is 0.154. The summed E-state index contributed by atoms with van der Waals surface area (Å²) < 4.78 is 27.9. The van der Waals surface area contributed by atoms with Gasteiger partial charge in [-0.1, -0.05) is 18.2 Å². The van der Waals surface area contributed by atoms with Crippen molar-refractivity contribution in [2.75, 3.05) is 7.05 Å². The van der Waals surface area contributed by atoms with Crippen molar-refractivity contribution in [3.8, 4) is 11.6 Å². The zero-order valence-electron chi connectivity index (χ0n) is 10.9. The normalized spacial score (nSPS) is 11.3. The Hall–Kier alpha value is -1.96. The number of rotatable bonds is 5. The fourth-order valence-corrected chi connectivity index (χ4v) is 2.11. The number of nitrogens with zero attached hydrogens (tertiary/aromatic N) is 1. The number of primary sulfonamides is 1. The van der Waals surface area contributed by atoms with Crippen LogP contribution in [0.4, 0.5) is 0 Å². The molecule has 0 saturated carbocycles. The van der Waals surface area contributed by atoms with E-state index in [2.05, 4.69) is 10.3 Å². The summed E-state index contributed by atoms with van der Waals surface area (Å²) in [6, 6.07) is 10.4. The van der Waals surface area contributed by atoms with E-state index in [1.165, 1.54) is 18.3 Å². The third kappa shape index (κ3) is 3.53. The molecular formula is C13H15N3O3S. The topological polar surface area (TPSA) is 94.3 Å². The SMILES string of the molecule is CNCc1ccccc1Oc1ccc(S(N)(=O)=O)cn1. The second-order valence-electron chi connectivity index (χ2n) is 4.12. The number of ether oxygens (including phenoxy) is 1. The van der Waals surface area contributed by atoms with Crippen LogP contribution in [0.2, 0.25) is 0 Å². The average Bonchev–Trinajstić information content (AvgIpc) is 2.41. The summed E-state index contributed by atoms with van der Waals surface area (Å²) in [7, 11) is -1.89. The van der Waals surface area contributed by atoms with E-state index in [0.29, 0.717) is 18.2 Å². The standard InChI is InChI=1S/C13H15N3O3S/c1-15-8-10-4-2-3-5-12(10)19-13-7-6-11(9-16-13)20(14,17)18/h2-7,9,15H,8H2,1H3,(H2,14,17,18). The van der Waals surface area contributed by atoms with Crippen LogP contribution < -0.4 is 15.2 Å². The van der Waals surface area contributed by atoms with E-state index in [9.17, 15) is 8.42 Å². The van der Waals surface area contributed by atoms with Gasteiger partial charge in [0.2, 0.25) is 15.9 Å². The highest BCUT2D eigenvalue weighted by Gasteiger charge is 2.09. The maximum atomic E-state index is 11.1. The molecule has 0 atom stereocenters. The van der Waals surface area contributed by atoms with Gasteiger partial charge in [-0.15, -0.1) is 0 Å². The molecule has 0 fully saturated rings. The fourth-order valence-electron chi connectivity index (χ4n) is 1.65. The predicted molar refractivity (Wildman–Crippen MR) is 74.9 cm³/mol. The van der Waals surface area contributed by atoms with E-state index in [4.69, 9.17) is 9.88 Å². The highest BCUT2D eigenvalue weighted by atomic mass is 32.2. The summed E-state index contributed by atoms with van der Waals surface area (Å²) in [6.07, 6.45) is 1.17. The number of nitrogens with two attached hydrogens (primary N) is 1. The van der Waals surface area contributed by atoms with Gasteiger partial charge >= 0.3 is 0 Å². The zero-order valence-corrected chi connectivity index (χ0v) is 11.7. The Morgan fingerprint density at radius 3 is 2.60 bits per heavy atom. The Balaban J connectivity index is 2.22. The molecule has 0 radical (unpaired) electrons. The molecule has 0 unspecified atom stereocenters. The summed E-state index contributed by atoms with van der Waals surface area (Å²) in [6.45, 7) is 0.658. The monoisotopic (exact) mass is 293 g/mol. The molecule has 106 valence electrons. The van der Waals surface area contributed by atoms with E-state index in [1.807, 2.05) is 31.3 Å². The molecule has 1 aromatic heterocycles. The highest BCUT2D eigenvalue weighted by Crippen LogP contribution is 2.24. The van der Waals surface area contributed by atoms with Crippen LogP contribution in [0.5, 0.6) is 11.6 Å². The first kappa shape index (κ1) is 14.4. The first-order chi connectivity index (χ1) is 9.50. The van der Waals surface area contributed by atoms with Crippen molar-refractivity contribution < 1.29 is 13.2 Å². The molecule has 6 nitrogen and oxygen atoms in total. The first-order valence-corrected chi connectivity index (χ1v) is 7.44. The van der Waals surface area contributed by atoms with Crippen molar-refractivity contribution in [3.05, 3.63) is 48.2 Å². The van der Waals surface area contributed by atoms with Crippen LogP contribution in [0, 0.1) is 0 Å². The molecule has 7 heteroatoms. The van der Waals surface area contributed by atoms with Gasteiger partial charge < -0.3 is 10.1 Å². The Kier molecular flexibility index (Phi) is 4.33. The third-order valence-electron chi connectivity index (χ3n) is 2.59. The molecule has 0 saturated heterocycles. The van der Waals surface area contributed by atoms with Crippen LogP contribution in [0.1, 0.15) is 5.56 Å². The number of aromatic nitrogens is 1. The number of pyridine rings is 1. The van der Waals surface area contributed by atoms with E-state index >= 15 is 0 Å². The molecular weight excluding hydrogens is 278 g/mol. The Labute approximate surface area is 117 Å². The van der Waals surface area contributed by atoms with Crippen LogP contribution in [-0.4, -0.2) is 20.4 Å². The summed E-state index contributed by atoms with van der Waals surface area (Å²) in [5.41, 5.74) is 0.979. The molecule has 2 aromatic rings. The van der Waals surface area contributed by atoms with Gasteiger partial charge in [0.05, 0.1) is 6.20 Å². The molecule has 0 amide bonds. The van der Waals surface area contributed by atoms with Crippen molar-refractivity contribution in [2.45, 2.75) is 11.4 Å². The van der Waals surface area contributed by atoms with Crippen LogP contribution in [0.3, 0.4) is 0 Å². The molecule has 0 aliphatic rings. The number of hydrogen-bond donors (Lipinski definition) is 2. The van der Waals surface area contributed by atoms with Crippen molar-refractivity contribution in [3.63, 3.8) is 0 Å². The lowest BCUT2D eigenvalue weighted by Crippen LogP contribution is -2.12. The minimum absolute atomic E-state index is 0.0478. The molecule has 2 rings (SSSR count). The number of hydrogen-bond acceptors (Lipinski definition) is 5. The van der Waals surface area contributed by atoms with E-state index < -0.39 is 10.0 Å². The van der Waals surface area contributed by atoms with Crippen molar-refractivity contribution in [2.24, 2.45) is 5.14 Å². The zero-order chi connectivity index (χ0) is 14.6. The maximum Gasteiger partial charge on any atom is 0.239 e. The van der Waals surface area contributed by atoms with Crippen molar-refractivity contribution >= 4 is 10.0 Å². The lowest BCUT2D eigenvalue weighted by atomic mass is 10.2. The highest BCUT2D eigenvalue weighted by molar-refractivity contribution is 7.89. The minimum Gasteiger partial charge on any atom is -0.439 e. The van der Waals surface area contributed by atoms with Crippen molar-refractivity contribution in [1.29, 1.82) is 0 Å². The average molecular weight is 293 g/mol. The van der Waals surface area contributed by atoms with Gasteiger partial charge in [0.15, 0.2) is 0 Å². The Morgan fingerprint density at radius 2 is 2.00 bits per heavy atom. The molecule has 0 bridgehead atoms. The predicted octanol–water partition coefficient (Wildman–Crippen LogP) is 1.24. The number of benzene rings is 1. The largest absolute Gasteiger partial charge is 0.439 e. The van der Waals surface area contributed by atoms with Gasteiger partial charge in [0.25, 0.3) is 0 Å². The summed E-state index contributed by atoms with van der Waals surface area (Å²) in [4.78, 5) is 3.89. The summed E-state index contributed by atoms with van der Waals surface area (Å²) in [5.74, 6) is 0.971. The van der Waals surface area contributed by atoms with Gasteiger partial charge in [-0.2, -0.15) is 0 Å². The molecule has 20 heavy (non-hydrogen) atoms. The second kappa shape index (κ2) is 6.00. The lowest BCUT2D eigenvalue weighted by molar-refractivity contribution is 0.454. The van der Waals surface area contributed by atoms with Crippen LogP contribution in [0.25, 0.3) is 0 Å². The molecule has 1 heterocycles. The van der Waals surface area contributed by atoms with Gasteiger partial charge in [-0.05, 0) is 19.2 Å². The Morgan fingerprint density at radius 1 is 1.25 bits per heavy atom. The maximum absolute atomic E-state index is 11.1. The molecule has 0 aliphatic carbocycles. The number of nitrogens with one attached hydrogen (secondary N) is 1. The lowest BCUT2D eigenvalue weighted by Gasteiger charge is -2.10.